The van der Waals surface area contributed by atoms with Gasteiger partial charge < -0.3 is 11.1 Å². The Morgan fingerprint density at radius 2 is 2.16 bits per heavy atom. The Hall–Kier alpha value is -1.46. The fourth-order valence-corrected chi connectivity index (χ4v) is 2.37. The molecule has 0 radical (unpaired) electrons. The molecule has 1 heterocycles. The Morgan fingerprint density at radius 3 is 2.79 bits per heavy atom. The number of benzene rings is 1. The van der Waals surface area contributed by atoms with Crippen LogP contribution < -0.4 is 11.1 Å². The van der Waals surface area contributed by atoms with Crippen molar-refractivity contribution in [3.63, 3.8) is 0 Å². The van der Waals surface area contributed by atoms with E-state index in [9.17, 15) is 4.39 Å². The molecule has 0 bridgehead atoms. The average Bonchev–Trinajstić information content (AvgIpc) is 2.39. The summed E-state index contributed by atoms with van der Waals surface area (Å²) in [5.41, 5.74) is 7.78. The number of aromatic nitrogens is 1. The van der Waals surface area contributed by atoms with E-state index in [2.05, 4.69) is 26.2 Å². The molecule has 1 unspecified atom stereocenters. The van der Waals surface area contributed by atoms with Crippen LogP contribution in [0.3, 0.4) is 0 Å². The van der Waals surface area contributed by atoms with E-state index in [-0.39, 0.29) is 11.9 Å². The van der Waals surface area contributed by atoms with Gasteiger partial charge in [0.05, 0.1) is 4.47 Å². The number of nitrogen functional groups attached to an aromatic ring is 1. The van der Waals surface area contributed by atoms with Crippen molar-refractivity contribution in [3.8, 4) is 0 Å². The van der Waals surface area contributed by atoms with E-state index < -0.39 is 0 Å². The van der Waals surface area contributed by atoms with Crippen LogP contribution in [0.4, 0.5) is 10.2 Å². The van der Waals surface area contributed by atoms with E-state index in [0.29, 0.717) is 10.3 Å². The van der Waals surface area contributed by atoms with Crippen LogP contribution in [0.25, 0.3) is 0 Å². The topological polar surface area (TPSA) is 50.9 Å². The zero-order chi connectivity index (χ0) is 13.8. The van der Waals surface area contributed by atoms with Gasteiger partial charge in [0.15, 0.2) is 0 Å². The van der Waals surface area contributed by atoms with Crippen LogP contribution in [0.15, 0.2) is 41.0 Å². The first kappa shape index (κ1) is 14.0. The summed E-state index contributed by atoms with van der Waals surface area (Å²) in [6, 6.07) is 8.92. The highest BCUT2D eigenvalue weighted by Gasteiger charge is 2.12. The van der Waals surface area contributed by atoms with Gasteiger partial charge in [-0.1, -0.05) is 6.07 Å². The van der Waals surface area contributed by atoms with Crippen molar-refractivity contribution in [2.45, 2.75) is 12.5 Å². The Labute approximate surface area is 120 Å². The van der Waals surface area contributed by atoms with Gasteiger partial charge >= 0.3 is 0 Å². The summed E-state index contributed by atoms with van der Waals surface area (Å²) >= 11 is 3.21. The molecule has 1 aromatic carbocycles. The van der Waals surface area contributed by atoms with Crippen LogP contribution in [0, 0.1) is 5.82 Å². The zero-order valence-electron chi connectivity index (χ0n) is 10.5. The van der Waals surface area contributed by atoms with Crippen LogP contribution >= 0.6 is 15.9 Å². The van der Waals surface area contributed by atoms with Gasteiger partial charge in [-0.2, -0.15) is 0 Å². The van der Waals surface area contributed by atoms with Crippen molar-refractivity contribution in [2.75, 3.05) is 12.8 Å². The fourth-order valence-electron chi connectivity index (χ4n) is 1.97. The maximum atomic E-state index is 13.3. The predicted molar refractivity (Wildman–Crippen MR) is 78.3 cm³/mol. The van der Waals surface area contributed by atoms with Crippen LogP contribution in [0.2, 0.25) is 0 Å². The van der Waals surface area contributed by atoms with Gasteiger partial charge in [0, 0.05) is 12.2 Å². The lowest BCUT2D eigenvalue weighted by atomic mass is 9.99. The SMILES string of the molecule is CNC(Cc1ccnc(N)c1)c1ccc(F)c(Br)c1. The molecule has 0 fully saturated rings. The molecule has 19 heavy (non-hydrogen) atoms. The third-order valence-corrected chi connectivity index (χ3v) is 3.59. The number of anilines is 1. The maximum Gasteiger partial charge on any atom is 0.137 e. The molecular formula is C14H15BrFN3. The quantitative estimate of drug-likeness (QED) is 0.909. The maximum absolute atomic E-state index is 13.3. The molecule has 2 rings (SSSR count). The molecule has 100 valence electrons. The van der Waals surface area contributed by atoms with Crippen LogP contribution in [0.1, 0.15) is 17.2 Å². The molecule has 0 amide bonds. The van der Waals surface area contributed by atoms with E-state index in [1.165, 1.54) is 6.07 Å². The van der Waals surface area contributed by atoms with Crippen molar-refractivity contribution in [1.82, 2.24) is 10.3 Å². The molecule has 0 aliphatic heterocycles. The van der Waals surface area contributed by atoms with Crippen LogP contribution in [0.5, 0.6) is 0 Å². The molecule has 0 saturated carbocycles. The number of hydrogen-bond donors (Lipinski definition) is 2. The highest BCUT2D eigenvalue weighted by molar-refractivity contribution is 9.10. The molecule has 5 heteroatoms. The average molecular weight is 324 g/mol. The number of pyridine rings is 1. The minimum Gasteiger partial charge on any atom is -0.384 e. The second-order valence-electron chi connectivity index (χ2n) is 4.31. The third-order valence-electron chi connectivity index (χ3n) is 2.98. The molecular weight excluding hydrogens is 309 g/mol. The van der Waals surface area contributed by atoms with E-state index in [0.717, 1.165) is 17.5 Å². The lowest BCUT2D eigenvalue weighted by Gasteiger charge is -2.17. The highest BCUT2D eigenvalue weighted by atomic mass is 79.9. The van der Waals surface area contributed by atoms with Crippen molar-refractivity contribution < 1.29 is 4.39 Å². The first-order valence-electron chi connectivity index (χ1n) is 5.92. The van der Waals surface area contributed by atoms with Gasteiger partial charge in [-0.05, 0) is 64.8 Å². The highest BCUT2D eigenvalue weighted by Crippen LogP contribution is 2.24. The summed E-state index contributed by atoms with van der Waals surface area (Å²) in [5.74, 6) is 0.249. The lowest BCUT2D eigenvalue weighted by Crippen LogP contribution is -2.19. The van der Waals surface area contributed by atoms with Crippen molar-refractivity contribution >= 4 is 21.7 Å². The largest absolute Gasteiger partial charge is 0.384 e. The minimum absolute atomic E-state index is 0.0960. The fraction of sp³-hybridized carbons (Fsp3) is 0.214. The van der Waals surface area contributed by atoms with E-state index in [4.69, 9.17) is 5.73 Å². The first-order chi connectivity index (χ1) is 9.10. The van der Waals surface area contributed by atoms with Crippen LogP contribution in [-0.4, -0.2) is 12.0 Å². The molecule has 0 aliphatic carbocycles. The summed E-state index contributed by atoms with van der Waals surface area (Å²) in [5, 5.41) is 3.23. The molecule has 0 spiro atoms. The summed E-state index contributed by atoms with van der Waals surface area (Å²) in [7, 11) is 1.88. The Morgan fingerprint density at radius 1 is 1.37 bits per heavy atom. The van der Waals surface area contributed by atoms with Gasteiger partial charge in [-0.15, -0.1) is 0 Å². The number of rotatable bonds is 4. The van der Waals surface area contributed by atoms with Gasteiger partial charge in [-0.25, -0.2) is 9.37 Å². The molecule has 3 nitrogen and oxygen atoms in total. The normalized spacial score (nSPS) is 12.4. The number of nitrogens with one attached hydrogen (secondary N) is 1. The second-order valence-corrected chi connectivity index (χ2v) is 5.16. The van der Waals surface area contributed by atoms with Gasteiger partial charge in [0.1, 0.15) is 11.6 Å². The minimum atomic E-state index is -0.258. The zero-order valence-corrected chi connectivity index (χ0v) is 12.1. The monoisotopic (exact) mass is 323 g/mol. The lowest BCUT2D eigenvalue weighted by molar-refractivity contribution is 0.583. The van der Waals surface area contributed by atoms with E-state index in [1.54, 1.807) is 18.3 Å². The predicted octanol–water partition coefficient (Wildman–Crippen LogP) is 3.07. The van der Waals surface area contributed by atoms with Gasteiger partial charge in [-0.3, -0.25) is 0 Å². The molecule has 1 atom stereocenters. The summed E-state index contributed by atoms with van der Waals surface area (Å²) in [6.45, 7) is 0. The standard InChI is InChI=1S/C14H15BrFN3/c1-18-13(6-9-4-5-19-14(17)7-9)10-2-3-12(16)11(15)8-10/h2-5,7-8,13,18H,6H2,1H3,(H2,17,19). The Bertz CT molecular complexity index is 574. The van der Waals surface area contributed by atoms with E-state index in [1.807, 2.05) is 19.2 Å². The summed E-state index contributed by atoms with van der Waals surface area (Å²) in [6.07, 6.45) is 2.46. The summed E-state index contributed by atoms with van der Waals surface area (Å²) < 4.78 is 13.7. The van der Waals surface area contributed by atoms with Crippen molar-refractivity contribution in [1.29, 1.82) is 0 Å². The van der Waals surface area contributed by atoms with Crippen molar-refractivity contribution in [2.24, 2.45) is 0 Å². The Kier molecular flexibility index (Phi) is 4.50. The number of halogens is 2. The third kappa shape index (κ3) is 3.52. The molecule has 1 aromatic heterocycles. The number of nitrogens with two attached hydrogens (primary N) is 1. The van der Waals surface area contributed by atoms with Gasteiger partial charge in [0.2, 0.25) is 0 Å². The smallest absolute Gasteiger partial charge is 0.137 e. The molecule has 2 aromatic rings. The number of likely N-dealkylation sites (N-methyl/N-ethyl adjacent to an activating group) is 1. The summed E-state index contributed by atoms with van der Waals surface area (Å²) in [4.78, 5) is 3.97. The molecule has 0 saturated heterocycles. The number of nitrogens with zero attached hydrogens (tertiary/aromatic N) is 1. The molecule has 0 aliphatic rings. The first-order valence-corrected chi connectivity index (χ1v) is 6.72. The van der Waals surface area contributed by atoms with E-state index >= 15 is 0 Å². The Balaban J connectivity index is 2.22. The number of hydrogen-bond acceptors (Lipinski definition) is 3. The van der Waals surface area contributed by atoms with Crippen LogP contribution in [-0.2, 0) is 6.42 Å². The molecule has 3 N–H and O–H groups in total. The second kappa shape index (κ2) is 6.12. The van der Waals surface area contributed by atoms with Crippen molar-refractivity contribution in [3.05, 3.63) is 57.9 Å². The van der Waals surface area contributed by atoms with Gasteiger partial charge in [0.25, 0.3) is 0 Å².